The lowest BCUT2D eigenvalue weighted by Crippen LogP contribution is -2.30. The van der Waals surface area contributed by atoms with E-state index in [0.29, 0.717) is 23.0 Å². The number of benzene rings is 1. The molecule has 21 heavy (non-hydrogen) atoms. The maximum Gasteiger partial charge on any atom is 0.254 e. The first-order chi connectivity index (χ1) is 10.1. The van der Waals surface area contributed by atoms with Crippen molar-refractivity contribution >= 4 is 21.8 Å². The van der Waals surface area contributed by atoms with Crippen LogP contribution in [-0.2, 0) is 0 Å². The quantitative estimate of drug-likeness (QED) is 0.878. The molecule has 0 aromatic heterocycles. The van der Waals surface area contributed by atoms with Crippen molar-refractivity contribution < 1.29 is 14.3 Å². The van der Waals surface area contributed by atoms with Gasteiger partial charge >= 0.3 is 0 Å². The number of carbonyl (C=O) groups is 1. The number of hydrogen-bond donors (Lipinski definition) is 1. The fourth-order valence-electron chi connectivity index (χ4n) is 2.65. The lowest BCUT2D eigenvalue weighted by atomic mass is 10.1. The third-order valence-electron chi connectivity index (χ3n) is 3.76. The summed E-state index contributed by atoms with van der Waals surface area (Å²) < 4.78 is 11.3. The fraction of sp³-hybridized carbons (Fsp3) is 0.533. The summed E-state index contributed by atoms with van der Waals surface area (Å²) in [7, 11) is 5.09. The summed E-state index contributed by atoms with van der Waals surface area (Å²) in [6, 6.07) is 3.50. The van der Waals surface area contributed by atoms with E-state index < -0.39 is 0 Å². The van der Waals surface area contributed by atoms with Crippen LogP contribution >= 0.6 is 15.9 Å². The molecule has 116 valence electrons. The van der Waals surface area contributed by atoms with Crippen molar-refractivity contribution in [2.75, 3.05) is 40.9 Å². The molecule has 1 aliphatic rings. The number of carbonyl (C=O) groups excluding carboxylic acids is 1. The second-order valence-electron chi connectivity index (χ2n) is 5.16. The highest BCUT2D eigenvalue weighted by molar-refractivity contribution is 9.10. The Morgan fingerprint density at radius 1 is 1.38 bits per heavy atom. The SMILES string of the molecule is CNCC1CCN(C(=O)c2cc(OC)c(Br)c(OC)c2)C1. The second-order valence-corrected chi connectivity index (χ2v) is 5.95. The van der Waals surface area contributed by atoms with Gasteiger partial charge in [-0.15, -0.1) is 0 Å². The van der Waals surface area contributed by atoms with Gasteiger partial charge in [0.15, 0.2) is 0 Å². The largest absolute Gasteiger partial charge is 0.495 e. The summed E-state index contributed by atoms with van der Waals surface area (Å²) in [6.07, 6.45) is 1.04. The molecule has 1 atom stereocenters. The monoisotopic (exact) mass is 356 g/mol. The second kappa shape index (κ2) is 7.13. The average molecular weight is 357 g/mol. The number of ether oxygens (including phenoxy) is 2. The van der Waals surface area contributed by atoms with Crippen molar-refractivity contribution in [1.82, 2.24) is 10.2 Å². The van der Waals surface area contributed by atoms with E-state index in [2.05, 4.69) is 21.2 Å². The first-order valence-electron chi connectivity index (χ1n) is 6.96. The average Bonchev–Trinajstić information content (AvgIpc) is 2.95. The Hall–Kier alpha value is -1.27. The normalized spacial score (nSPS) is 17.9. The van der Waals surface area contributed by atoms with Crippen LogP contribution in [0, 0.1) is 5.92 Å². The lowest BCUT2D eigenvalue weighted by molar-refractivity contribution is 0.0786. The van der Waals surface area contributed by atoms with Gasteiger partial charge in [-0.2, -0.15) is 0 Å². The molecule has 1 unspecified atom stereocenters. The standard InChI is InChI=1S/C15H21BrN2O3/c1-17-8-10-4-5-18(9-10)15(19)11-6-12(20-2)14(16)13(7-11)21-3/h6-7,10,17H,4-5,8-9H2,1-3H3. The van der Waals surface area contributed by atoms with Gasteiger partial charge in [-0.05, 0) is 54.0 Å². The summed E-state index contributed by atoms with van der Waals surface area (Å²) in [5.41, 5.74) is 0.594. The molecule has 1 saturated heterocycles. The van der Waals surface area contributed by atoms with Gasteiger partial charge in [0.2, 0.25) is 0 Å². The Balaban J connectivity index is 2.20. The Kier molecular flexibility index (Phi) is 5.47. The number of nitrogens with zero attached hydrogens (tertiary/aromatic N) is 1. The van der Waals surface area contributed by atoms with Crippen LogP contribution in [0.4, 0.5) is 0 Å². The zero-order valence-corrected chi connectivity index (χ0v) is 14.2. The summed E-state index contributed by atoms with van der Waals surface area (Å²) in [4.78, 5) is 14.5. The fourth-order valence-corrected chi connectivity index (χ4v) is 3.20. The number of hydrogen-bond acceptors (Lipinski definition) is 4. The van der Waals surface area contributed by atoms with Crippen LogP contribution in [-0.4, -0.2) is 51.7 Å². The van der Waals surface area contributed by atoms with E-state index in [1.165, 1.54) is 0 Å². The van der Waals surface area contributed by atoms with E-state index in [9.17, 15) is 4.79 Å². The number of nitrogens with one attached hydrogen (secondary N) is 1. The Bertz CT molecular complexity index is 497. The molecular weight excluding hydrogens is 336 g/mol. The molecule has 0 bridgehead atoms. The molecule has 1 amide bonds. The third-order valence-corrected chi connectivity index (χ3v) is 4.54. The molecule has 0 radical (unpaired) electrons. The van der Waals surface area contributed by atoms with Crippen molar-refractivity contribution in [2.45, 2.75) is 6.42 Å². The van der Waals surface area contributed by atoms with Crippen LogP contribution in [0.15, 0.2) is 16.6 Å². The highest BCUT2D eigenvalue weighted by Crippen LogP contribution is 2.36. The molecule has 0 aliphatic carbocycles. The molecule has 2 rings (SSSR count). The first-order valence-corrected chi connectivity index (χ1v) is 7.75. The Morgan fingerprint density at radius 2 is 2.00 bits per heavy atom. The molecule has 0 spiro atoms. The summed E-state index contributed by atoms with van der Waals surface area (Å²) in [5, 5.41) is 3.17. The highest BCUT2D eigenvalue weighted by Gasteiger charge is 2.27. The topological polar surface area (TPSA) is 50.8 Å². The molecule has 6 heteroatoms. The van der Waals surface area contributed by atoms with Crippen LogP contribution in [0.5, 0.6) is 11.5 Å². The van der Waals surface area contributed by atoms with Crippen LogP contribution in [0.1, 0.15) is 16.8 Å². The van der Waals surface area contributed by atoms with Gasteiger partial charge in [-0.3, -0.25) is 4.79 Å². The number of methoxy groups -OCH3 is 2. The Labute approximate surface area is 133 Å². The number of amides is 1. The summed E-state index contributed by atoms with van der Waals surface area (Å²) in [5.74, 6) is 1.75. The highest BCUT2D eigenvalue weighted by atomic mass is 79.9. The molecule has 1 aliphatic heterocycles. The van der Waals surface area contributed by atoms with Gasteiger partial charge in [0.05, 0.1) is 14.2 Å². The van der Waals surface area contributed by atoms with Gasteiger partial charge in [0, 0.05) is 18.7 Å². The summed E-state index contributed by atoms with van der Waals surface area (Å²) >= 11 is 3.42. The zero-order chi connectivity index (χ0) is 15.4. The van der Waals surface area contributed by atoms with E-state index in [0.717, 1.165) is 30.5 Å². The smallest absolute Gasteiger partial charge is 0.254 e. The van der Waals surface area contributed by atoms with Gasteiger partial charge < -0.3 is 19.7 Å². The van der Waals surface area contributed by atoms with Crippen LogP contribution in [0.25, 0.3) is 0 Å². The number of halogens is 1. The number of rotatable bonds is 5. The maximum atomic E-state index is 12.6. The van der Waals surface area contributed by atoms with Crippen LogP contribution in [0.2, 0.25) is 0 Å². The minimum atomic E-state index is 0.0257. The molecule has 1 aromatic rings. The van der Waals surface area contributed by atoms with E-state index >= 15 is 0 Å². The number of likely N-dealkylation sites (tertiary alicyclic amines) is 1. The molecule has 1 fully saturated rings. The molecular formula is C15H21BrN2O3. The molecule has 0 saturated carbocycles. The van der Waals surface area contributed by atoms with E-state index in [-0.39, 0.29) is 5.91 Å². The van der Waals surface area contributed by atoms with Crippen LogP contribution < -0.4 is 14.8 Å². The van der Waals surface area contributed by atoms with Gasteiger partial charge in [-0.1, -0.05) is 0 Å². The molecule has 1 N–H and O–H groups in total. The van der Waals surface area contributed by atoms with Crippen molar-refractivity contribution in [3.8, 4) is 11.5 Å². The third kappa shape index (κ3) is 3.49. The predicted molar refractivity (Wildman–Crippen MR) is 85.2 cm³/mol. The first kappa shape index (κ1) is 16.1. The van der Waals surface area contributed by atoms with Crippen molar-refractivity contribution in [1.29, 1.82) is 0 Å². The lowest BCUT2D eigenvalue weighted by Gasteiger charge is -2.18. The molecule has 1 heterocycles. The predicted octanol–water partition coefficient (Wildman–Crippen LogP) is 2.15. The molecule has 1 aromatic carbocycles. The minimum Gasteiger partial charge on any atom is -0.495 e. The van der Waals surface area contributed by atoms with Gasteiger partial charge in [0.25, 0.3) is 5.91 Å². The van der Waals surface area contributed by atoms with E-state index in [4.69, 9.17) is 9.47 Å². The Morgan fingerprint density at radius 3 is 2.52 bits per heavy atom. The van der Waals surface area contributed by atoms with E-state index in [1.807, 2.05) is 11.9 Å². The van der Waals surface area contributed by atoms with Crippen molar-refractivity contribution in [3.63, 3.8) is 0 Å². The summed E-state index contributed by atoms with van der Waals surface area (Å²) in [6.45, 7) is 2.53. The van der Waals surface area contributed by atoms with Crippen molar-refractivity contribution in [3.05, 3.63) is 22.2 Å². The van der Waals surface area contributed by atoms with E-state index in [1.54, 1.807) is 26.4 Å². The zero-order valence-electron chi connectivity index (χ0n) is 12.6. The van der Waals surface area contributed by atoms with Gasteiger partial charge in [-0.25, -0.2) is 0 Å². The van der Waals surface area contributed by atoms with Crippen molar-refractivity contribution in [2.24, 2.45) is 5.92 Å². The maximum absolute atomic E-state index is 12.6. The van der Waals surface area contributed by atoms with Gasteiger partial charge in [0.1, 0.15) is 16.0 Å². The molecule has 5 nitrogen and oxygen atoms in total. The minimum absolute atomic E-state index is 0.0257. The van der Waals surface area contributed by atoms with Crippen LogP contribution in [0.3, 0.4) is 0 Å².